The van der Waals surface area contributed by atoms with Crippen LogP contribution in [0, 0.1) is 0 Å². The first kappa shape index (κ1) is 12.8. The van der Waals surface area contributed by atoms with E-state index in [4.69, 9.17) is 15.9 Å². The van der Waals surface area contributed by atoms with E-state index in [1.807, 2.05) is 0 Å². The third-order valence-electron chi connectivity index (χ3n) is 1.95. The Balaban J connectivity index is 2.46. The van der Waals surface area contributed by atoms with Crippen LogP contribution in [0.25, 0.3) is 0 Å². The minimum absolute atomic E-state index is 0.381. The van der Waals surface area contributed by atoms with Crippen molar-refractivity contribution in [2.24, 2.45) is 0 Å². The summed E-state index contributed by atoms with van der Waals surface area (Å²) in [7, 11) is 0. The van der Waals surface area contributed by atoms with E-state index in [0.29, 0.717) is 11.4 Å². The minimum atomic E-state index is -1.63. The molecular formula is C10H13N3O4. The summed E-state index contributed by atoms with van der Waals surface area (Å²) in [6, 6.07) is 5.98. The molecule has 0 spiro atoms. The molecule has 0 saturated heterocycles. The summed E-state index contributed by atoms with van der Waals surface area (Å²) >= 11 is 0. The number of carbonyl (C=O) groups excluding carboxylic acids is 1. The third kappa shape index (κ3) is 3.99. The average molecular weight is 239 g/mol. The molecule has 0 radical (unpaired) electrons. The number of aliphatic hydroxyl groups is 1. The fourth-order valence-electron chi connectivity index (χ4n) is 1.05. The lowest BCUT2D eigenvalue weighted by atomic mass is 10.3. The van der Waals surface area contributed by atoms with Crippen molar-refractivity contribution in [2.75, 3.05) is 17.6 Å². The SMILES string of the molecule is Nc1ccccc1NC(=O)NCC(O)C(=O)O. The lowest BCUT2D eigenvalue weighted by Crippen LogP contribution is -2.38. The summed E-state index contributed by atoms with van der Waals surface area (Å²) in [5.74, 6) is -1.40. The minimum Gasteiger partial charge on any atom is -0.479 e. The van der Waals surface area contributed by atoms with E-state index < -0.39 is 18.1 Å². The number of rotatable bonds is 4. The Hall–Kier alpha value is -2.28. The number of benzene rings is 1. The Labute approximate surface area is 97.2 Å². The molecule has 1 unspecified atom stereocenters. The molecule has 0 aliphatic heterocycles. The van der Waals surface area contributed by atoms with Gasteiger partial charge >= 0.3 is 12.0 Å². The van der Waals surface area contributed by atoms with Gasteiger partial charge in [0, 0.05) is 0 Å². The first-order chi connectivity index (χ1) is 8.00. The van der Waals surface area contributed by atoms with Crippen LogP contribution in [0.1, 0.15) is 0 Å². The van der Waals surface area contributed by atoms with Gasteiger partial charge in [0.1, 0.15) is 0 Å². The van der Waals surface area contributed by atoms with E-state index >= 15 is 0 Å². The zero-order chi connectivity index (χ0) is 12.8. The molecule has 1 rings (SSSR count). The van der Waals surface area contributed by atoms with Crippen molar-refractivity contribution >= 4 is 23.4 Å². The first-order valence-corrected chi connectivity index (χ1v) is 4.81. The lowest BCUT2D eigenvalue weighted by molar-refractivity contribution is -0.146. The number of carboxylic acids is 1. The number of nitrogens with two attached hydrogens (primary N) is 1. The van der Waals surface area contributed by atoms with Gasteiger partial charge in [-0.25, -0.2) is 9.59 Å². The molecule has 0 heterocycles. The van der Waals surface area contributed by atoms with Gasteiger partial charge in [0.15, 0.2) is 6.10 Å². The van der Waals surface area contributed by atoms with Crippen LogP contribution in [0.15, 0.2) is 24.3 Å². The number of hydrogen-bond donors (Lipinski definition) is 5. The Kier molecular flexibility index (Phi) is 4.29. The maximum atomic E-state index is 11.3. The van der Waals surface area contributed by atoms with E-state index in [1.165, 1.54) is 0 Å². The zero-order valence-corrected chi connectivity index (χ0v) is 8.88. The molecule has 17 heavy (non-hydrogen) atoms. The van der Waals surface area contributed by atoms with Gasteiger partial charge in [0.25, 0.3) is 0 Å². The van der Waals surface area contributed by atoms with Crippen molar-refractivity contribution in [2.45, 2.75) is 6.10 Å². The van der Waals surface area contributed by atoms with Crippen molar-refractivity contribution in [1.82, 2.24) is 5.32 Å². The molecule has 7 nitrogen and oxygen atoms in total. The van der Waals surface area contributed by atoms with Crippen molar-refractivity contribution in [3.63, 3.8) is 0 Å². The van der Waals surface area contributed by atoms with Crippen LogP contribution >= 0.6 is 0 Å². The maximum Gasteiger partial charge on any atom is 0.334 e. The molecule has 0 aliphatic carbocycles. The summed E-state index contributed by atoms with van der Waals surface area (Å²) < 4.78 is 0. The Morgan fingerprint density at radius 3 is 2.59 bits per heavy atom. The van der Waals surface area contributed by atoms with Gasteiger partial charge in [-0.1, -0.05) is 12.1 Å². The van der Waals surface area contributed by atoms with E-state index in [1.54, 1.807) is 24.3 Å². The Morgan fingerprint density at radius 2 is 2.00 bits per heavy atom. The fourth-order valence-corrected chi connectivity index (χ4v) is 1.05. The standard InChI is InChI=1S/C10H13N3O4/c11-6-3-1-2-4-7(6)13-10(17)12-5-8(14)9(15)16/h1-4,8,14H,5,11H2,(H,15,16)(H2,12,13,17). The number of amides is 2. The highest BCUT2D eigenvalue weighted by Gasteiger charge is 2.14. The van der Waals surface area contributed by atoms with Crippen LogP contribution in [-0.2, 0) is 4.79 Å². The smallest absolute Gasteiger partial charge is 0.334 e. The number of aliphatic carboxylic acids is 1. The van der Waals surface area contributed by atoms with Crippen LogP contribution in [0.2, 0.25) is 0 Å². The number of carboxylic acid groups (broad SMARTS) is 1. The van der Waals surface area contributed by atoms with Crippen molar-refractivity contribution in [1.29, 1.82) is 0 Å². The molecule has 1 aromatic carbocycles. The van der Waals surface area contributed by atoms with Crippen LogP contribution in [0.3, 0.4) is 0 Å². The highest BCUT2D eigenvalue weighted by molar-refractivity contribution is 5.92. The molecule has 7 heteroatoms. The molecule has 0 bridgehead atoms. The number of hydrogen-bond acceptors (Lipinski definition) is 4. The fraction of sp³-hybridized carbons (Fsp3) is 0.200. The van der Waals surface area contributed by atoms with Crippen molar-refractivity contribution in [3.05, 3.63) is 24.3 Å². The summed E-state index contributed by atoms with van der Waals surface area (Å²) in [6.07, 6.45) is -1.63. The number of aliphatic hydroxyl groups excluding tert-OH is 1. The van der Waals surface area contributed by atoms with Crippen LogP contribution in [-0.4, -0.2) is 34.9 Å². The molecule has 2 amide bonds. The van der Waals surface area contributed by atoms with Crippen LogP contribution < -0.4 is 16.4 Å². The predicted molar refractivity (Wildman–Crippen MR) is 61.5 cm³/mol. The van der Waals surface area contributed by atoms with Gasteiger partial charge in [-0.3, -0.25) is 0 Å². The summed E-state index contributed by atoms with van der Waals surface area (Å²) in [4.78, 5) is 21.6. The summed E-state index contributed by atoms with van der Waals surface area (Å²) in [6.45, 7) is -0.381. The summed E-state index contributed by atoms with van der Waals surface area (Å²) in [5, 5.41) is 21.9. The van der Waals surface area contributed by atoms with Gasteiger partial charge in [-0.15, -0.1) is 0 Å². The van der Waals surface area contributed by atoms with Gasteiger partial charge < -0.3 is 26.6 Å². The van der Waals surface area contributed by atoms with Crippen molar-refractivity contribution in [3.8, 4) is 0 Å². The van der Waals surface area contributed by atoms with Crippen LogP contribution in [0.4, 0.5) is 16.2 Å². The van der Waals surface area contributed by atoms with Crippen LogP contribution in [0.5, 0.6) is 0 Å². The maximum absolute atomic E-state index is 11.3. The van der Waals surface area contributed by atoms with E-state index in [0.717, 1.165) is 0 Å². The second-order valence-corrected chi connectivity index (χ2v) is 3.28. The lowest BCUT2D eigenvalue weighted by Gasteiger charge is -2.10. The average Bonchev–Trinajstić information content (AvgIpc) is 2.29. The second kappa shape index (κ2) is 5.71. The first-order valence-electron chi connectivity index (χ1n) is 4.81. The highest BCUT2D eigenvalue weighted by atomic mass is 16.4. The Morgan fingerprint density at radius 1 is 1.35 bits per heavy atom. The molecule has 0 fully saturated rings. The number of anilines is 2. The third-order valence-corrected chi connectivity index (χ3v) is 1.95. The number of nitrogen functional groups attached to an aromatic ring is 1. The molecule has 6 N–H and O–H groups in total. The molecular weight excluding hydrogens is 226 g/mol. The van der Waals surface area contributed by atoms with E-state index in [2.05, 4.69) is 10.6 Å². The van der Waals surface area contributed by atoms with Crippen molar-refractivity contribution < 1.29 is 19.8 Å². The molecule has 92 valence electrons. The van der Waals surface area contributed by atoms with Gasteiger partial charge in [0.2, 0.25) is 0 Å². The summed E-state index contributed by atoms with van der Waals surface area (Å²) in [5.41, 5.74) is 6.39. The van der Waals surface area contributed by atoms with Gasteiger partial charge in [-0.2, -0.15) is 0 Å². The number of nitrogens with one attached hydrogen (secondary N) is 2. The quantitative estimate of drug-likeness (QED) is 0.467. The molecule has 0 aliphatic rings. The van der Waals surface area contributed by atoms with Gasteiger partial charge in [0.05, 0.1) is 17.9 Å². The predicted octanol–water partition coefficient (Wildman–Crippen LogP) is -0.164. The monoisotopic (exact) mass is 239 g/mol. The largest absolute Gasteiger partial charge is 0.479 e. The molecule has 0 saturated carbocycles. The Bertz CT molecular complexity index is 422. The molecule has 1 atom stereocenters. The van der Waals surface area contributed by atoms with Gasteiger partial charge in [-0.05, 0) is 12.1 Å². The number of urea groups is 1. The number of para-hydroxylation sites is 2. The topological polar surface area (TPSA) is 125 Å². The molecule has 0 aromatic heterocycles. The van der Waals surface area contributed by atoms with E-state index in [9.17, 15) is 9.59 Å². The molecule has 1 aromatic rings. The second-order valence-electron chi connectivity index (χ2n) is 3.28. The normalized spacial score (nSPS) is 11.6. The van der Waals surface area contributed by atoms with E-state index in [-0.39, 0.29) is 6.54 Å². The number of carbonyl (C=O) groups is 2. The zero-order valence-electron chi connectivity index (χ0n) is 8.88. The highest BCUT2D eigenvalue weighted by Crippen LogP contribution is 2.16.